The lowest BCUT2D eigenvalue weighted by atomic mass is 9.86. The number of H-pyrrole nitrogens is 1. The molecule has 2 fully saturated rings. The van der Waals surface area contributed by atoms with E-state index in [-0.39, 0.29) is 17.2 Å². The van der Waals surface area contributed by atoms with Gasteiger partial charge in [-0.15, -0.1) is 0 Å². The van der Waals surface area contributed by atoms with Crippen LogP contribution in [0.25, 0.3) is 0 Å². The first kappa shape index (κ1) is 16.9. The van der Waals surface area contributed by atoms with Crippen molar-refractivity contribution in [1.29, 1.82) is 0 Å². The van der Waals surface area contributed by atoms with Gasteiger partial charge in [0, 0.05) is 55.5 Å². The van der Waals surface area contributed by atoms with Crippen molar-refractivity contribution in [3.8, 4) is 0 Å². The second-order valence-corrected chi connectivity index (χ2v) is 7.75. The van der Waals surface area contributed by atoms with Crippen LogP contribution in [0.4, 0.5) is 5.69 Å². The number of hydrogen-bond acceptors (Lipinski definition) is 2. The van der Waals surface area contributed by atoms with E-state index in [1.807, 2.05) is 59.3 Å². The summed E-state index contributed by atoms with van der Waals surface area (Å²) < 4.78 is 0. The zero-order chi connectivity index (χ0) is 18.1. The number of anilines is 1. The van der Waals surface area contributed by atoms with Gasteiger partial charge in [0.1, 0.15) is 0 Å². The molecule has 1 atom stereocenters. The fourth-order valence-corrected chi connectivity index (χ4v) is 4.20. The maximum absolute atomic E-state index is 12.6. The number of rotatable bonds is 4. The van der Waals surface area contributed by atoms with Crippen LogP contribution in [0.3, 0.4) is 0 Å². The van der Waals surface area contributed by atoms with Gasteiger partial charge in [0.2, 0.25) is 11.8 Å². The minimum Gasteiger partial charge on any atom is -0.365 e. The topological polar surface area (TPSA) is 56.4 Å². The smallest absolute Gasteiger partial charge is 0.227 e. The normalized spacial score (nSPS) is 22.6. The van der Waals surface area contributed by atoms with Crippen molar-refractivity contribution < 1.29 is 9.59 Å². The number of amides is 2. The average molecular weight is 351 g/mol. The van der Waals surface area contributed by atoms with Gasteiger partial charge < -0.3 is 14.8 Å². The summed E-state index contributed by atoms with van der Waals surface area (Å²) in [5.74, 6) is 0.368. The molecular weight excluding hydrogens is 326 g/mol. The zero-order valence-corrected chi connectivity index (χ0v) is 15.2. The van der Waals surface area contributed by atoms with Crippen molar-refractivity contribution in [2.45, 2.75) is 32.6 Å². The molecule has 3 heterocycles. The summed E-state index contributed by atoms with van der Waals surface area (Å²) in [6.45, 7) is 4.23. The Morgan fingerprint density at radius 1 is 1.19 bits per heavy atom. The molecule has 5 nitrogen and oxygen atoms in total. The van der Waals surface area contributed by atoms with E-state index < -0.39 is 0 Å². The molecule has 5 heteroatoms. The molecule has 0 bridgehead atoms. The molecule has 2 aliphatic heterocycles. The fourth-order valence-electron chi connectivity index (χ4n) is 4.20. The number of nitrogens with zero attached hydrogens (tertiary/aromatic N) is 2. The van der Waals surface area contributed by atoms with E-state index in [0.717, 1.165) is 37.3 Å². The Labute approximate surface area is 154 Å². The van der Waals surface area contributed by atoms with Crippen LogP contribution in [0.15, 0.2) is 42.6 Å². The van der Waals surface area contributed by atoms with Crippen molar-refractivity contribution >= 4 is 17.5 Å². The molecule has 1 N–H and O–H groups in total. The van der Waals surface area contributed by atoms with E-state index >= 15 is 0 Å². The third-order valence-corrected chi connectivity index (χ3v) is 5.73. The van der Waals surface area contributed by atoms with E-state index in [1.54, 1.807) is 0 Å². The van der Waals surface area contributed by atoms with Gasteiger partial charge in [-0.3, -0.25) is 9.59 Å². The number of aryl methyl sites for hydroxylation is 2. The standard InChI is InChI=1S/C21H25N3O2/c1-16-4-7-18(8-5-16)24-15-21(13-20(24)26)10-12-23(14-21)19(25)9-6-17-3-2-11-22-17/h2-5,7-8,11,22H,6,9-10,12-15H2,1H3. The van der Waals surface area contributed by atoms with Crippen LogP contribution in [-0.4, -0.2) is 41.3 Å². The summed E-state index contributed by atoms with van der Waals surface area (Å²) in [5, 5.41) is 0. The van der Waals surface area contributed by atoms with Crippen LogP contribution in [0.5, 0.6) is 0 Å². The summed E-state index contributed by atoms with van der Waals surface area (Å²) >= 11 is 0. The molecule has 1 aromatic heterocycles. The molecule has 0 radical (unpaired) electrons. The molecule has 26 heavy (non-hydrogen) atoms. The Morgan fingerprint density at radius 2 is 2.00 bits per heavy atom. The molecule has 4 rings (SSSR count). The van der Waals surface area contributed by atoms with Gasteiger partial charge in [0.05, 0.1) is 0 Å². The summed E-state index contributed by atoms with van der Waals surface area (Å²) in [5.41, 5.74) is 3.17. The van der Waals surface area contributed by atoms with Crippen LogP contribution >= 0.6 is 0 Å². The van der Waals surface area contributed by atoms with Crippen molar-refractivity contribution in [2.75, 3.05) is 24.5 Å². The maximum Gasteiger partial charge on any atom is 0.227 e. The number of nitrogens with one attached hydrogen (secondary N) is 1. The van der Waals surface area contributed by atoms with Crippen LogP contribution in [0.2, 0.25) is 0 Å². The average Bonchev–Trinajstić information content (AvgIpc) is 3.35. The van der Waals surface area contributed by atoms with Gasteiger partial charge >= 0.3 is 0 Å². The largest absolute Gasteiger partial charge is 0.365 e. The monoisotopic (exact) mass is 351 g/mol. The minimum atomic E-state index is -0.0793. The van der Waals surface area contributed by atoms with Crippen LogP contribution in [-0.2, 0) is 16.0 Å². The van der Waals surface area contributed by atoms with Crippen LogP contribution in [0, 0.1) is 12.3 Å². The number of aromatic amines is 1. The zero-order valence-electron chi connectivity index (χ0n) is 15.2. The number of hydrogen-bond donors (Lipinski definition) is 1. The fraction of sp³-hybridized carbons (Fsp3) is 0.429. The third kappa shape index (κ3) is 3.26. The molecule has 1 spiro atoms. The minimum absolute atomic E-state index is 0.0793. The lowest BCUT2D eigenvalue weighted by Crippen LogP contribution is -2.34. The molecule has 1 unspecified atom stereocenters. The molecule has 2 aliphatic rings. The molecular formula is C21H25N3O2. The SMILES string of the molecule is Cc1ccc(N2CC3(CCN(C(=O)CCc4ccc[nH]4)C3)CC2=O)cc1. The highest BCUT2D eigenvalue weighted by atomic mass is 16.2. The van der Waals surface area contributed by atoms with E-state index in [2.05, 4.69) is 4.98 Å². The lowest BCUT2D eigenvalue weighted by molar-refractivity contribution is -0.130. The molecule has 2 saturated heterocycles. The number of benzene rings is 1. The molecule has 0 saturated carbocycles. The van der Waals surface area contributed by atoms with Crippen molar-refractivity contribution in [2.24, 2.45) is 5.41 Å². The van der Waals surface area contributed by atoms with Gasteiger partial charge in [-0.05, 0) is 44.0 Å². The second kappa shape index (κ2) is 6.63. The summed E-state index contributed by atoms with van der Waals surface area (Å²) in [4.78, 5) is 32.2. The van der Waals surface area contributed by atoms with Crippen molar-refractivity contribution in [3.05, 3.63) is 53.9 Å². The van der Waals surface area contributed by atoms with E-state index in [0.29, 0.717) is 19.4 Å². The Balaban J connectivity index is 1.38. The van der Waals surface area contributed by atoms with E-state index in [4.69, 9.17) is 0 Å². The van der Waals surface area contributed by atoms with Gasteiger partial charge in [0.25, 0.3) is 0 Å². The van der Waals surface area contributed by atoms with E-state index in [1.165, 1.54) is 5.56 Å². The Kier molecular flexibility index (Phi) is 4.31. The van der Waals surface area contributed by atoms with Crippen LogP contribution < -0.4 is 4.90 Å². The van der Waals surface area contributed by atoms with Crippen molar-refractivity contribution in [1.82, 2.24) is 9.88 Å². The van der Waals surface area contributed by atoms with Gasteiger partial charge in [0.15, 0.2) is 0 Å². The summed E-state index contributed by atoms with van der Waals surface area (Å²) in [7, 11) is 0. The summed E-state index contributed by atoms with van der Waals surface area (Å²) in [6, 6.07) is 12.1. The number of aromatic nitrogens is 1. The third-order valence-electron chi connectivity index (χ3n) is 5.73. The van der Waals surface area contributed by atoms with Gasteiger partial charge in [-0.2, -0.15) is 0 Å². The first-order valence-corrected chi connectivity index (χ1v) is 9.32. The molecule has 1 aromatic carbocycles. The Bertz CT molecular complexity index is 797. The van der Waals surface area contributed by atoms with Gasteiger partial charge in [-0.25, -0.2) is 0 Å². The predicted octanol–water partition coefficient (Wildman–Crippen LogP) is 2.91. The summed E-state index contributed by atoms with van der Waals surface area (Å²) in [6.07, 6.45) is 4.60. The van der Waals surface area contributed by atoms with Gasteiger partial charge in [-0.1, -0.05) is 17.7 Å². The highest BCUT2D eigenvalue weighted by Crippen LogP contribution is 2.42. The molecule has 2 amide bonds. The quantitative estimate of drug-likeness (QED) is 0.921. The number of carbonyl (C=O) groups is 2. The Morgan fingerprint density at radius 3 is 2.73 bits per heavy atom. The highest BCUT2D eigenvalue weighted by Gasteiger charge is 2.48. The maximum atomic E-state index is 12.6. The predicted molar refractivity (Wildman–Crippen MR) is 101 cm³/mol. The molecule has 2 aromatic rings. The van der Waals surface area contributed by atoms with Crippen molar-refractivity contribution in [3.63, 3.8) is 0 Å². The number of likely N-dealkylation sites (tertiary alicyclic amines) is 1. The first-order valence-electron chi connectivity index (χ1n) is 9.32. The first-order chi connectivity index (χ1) is 12.5. The second-order valence-electron chi connectivity index (χ2n) is 7.75. The highest BCUT2D eigenvalue weighted by molar-refractivity contribution is 5.96. The Hall–Kier alpha value is -2.56. The molecule has 136 valence electrons. The molecule has 0 aliphatic carbocycles. The lowest BCUT2D eigenvalue weighted by Gasteiger charge is -2.24. The van der Waals surface area contributed by atoms with E-state index in [9.17, 15) is 9.59 Å². The number of carbonyl (C=O) groups excluding carboxylic acids is 2. The van der Waals surface area contributed by atoms with Crippen LogP contribution in [0.1, 0.15) is 30.5 Å².